The molecule has 0 unspecified atom stereocenters. The van der Waals surface area contributed by atoms with Gasteiger partial charge in [0.25, 0.3) is 0 Å². The van der Waals surface area contributed by atoms with Gasteiger partial charge in [0.15, 0.2) is 17.3 Å². The molecule has 2 aliphatic rings. The van der Waals surface area contributed by atoms with Crippen LogP contribution < -0.4 is 0 Å². The van der Waals surface area contributed by atoms with Crippen molar-refractivity contribution in [3.05, 3.63) is 36.4 Å². The SMILES string of the molecule is O=C(c1cnc[nH]1)C1(C(=O)C2(C(=O)c3cnc[nH]3)CC2)CC1. The molecule has 2 aromatic rings. The number of rotatable bonds is 6. The van der Waals surface area contributed by atoms with Crippen molar-refractivity contribution >= 4 is 17.3 Å². The summed E-state index contributed by atoms with van der Waals surface area (Å²) in [5.41, 5.74) is -1.43. The molecule has 112 valence electrons. The van der Waals surface area contributed by atoms with E-state index in [2.05, 4.69) is 19.9 Å². The maximum Gasteiger partial charge on any atom is 0.194 e. The molecule has 7 nitrogen and oxygen atoms in total. The highest BCUT2D eigenvalue weighted by molar-refractivity contribution is 6.26. The van der Waals surface area contributed by atoms with Crippen LogP contribution in [0.3, 0.4) is 0 Å². The Balaban J connectivity index is 1.64. The van der Waals surface area contributed by atoms with Crippen LogP contribution in [0.2, 0.25) is 0 Å². The fourth-order valence-electron chi connectivity index (χ4n) is 3.10. The zero-order valence-electron chi connectivity index (χ0n) is 11.8. The van der Waals surface area contributed by atoms with Crippen LogP contribution in [-0.2, 0) is 4.79 Å². The monoisotopic (exact) mass is 298 g/mol. The van der Waals surface area contributed by atoms with Crippen LogP contribution in [0.15, 0.2) is 25.0 Å². The third-order valence-electron chi connectivity index (χ3n) is 4.72. The highest BCUT2D eigenvalue weighted by atomic mass is 16.2. The molecule has 2 saturated carbocycles. The molecule has 4 rings (SSSR count). The minimum atomic E-state index is -1.04. The second-order valence-corrected chi connectivity index (χ2v) is 6.08. The fraction of sp³-hybridized carbons (Fsp3) is 0.400. The first-order chi connectivity index (χ1) is 10.6. The molecule has 7 heteroatoms. The topological polar surface area (TPSA) is 109 Å². The highest BCUT2D eigenvalue weighted by Gasteiger charge is 2.68. The van der Waals surface area contributed by atoms with E-state index in [1.165, 1.54) is 25.0 Å². The Kier molecular flexibility index (Phi) is 2.52. The second-order valence-electron chi connectivity index (χ2n) is 6.08. The molecule has 2 aromatic heterocycles. The smallest absolute Gasteiger partial charge is 0.194 e. The van der Waals surface area contributed by atoms with Gasteiger partial charge in [-0.05, 0) is 25.7 Å². The van der Waals surface area contributed by atoms with Gasteiger partial charge in [0.1, 0.15) is 11.4 Å². The fourth-order valence-corrected chi connectivity index (χ4v) is 3.10. The van der Waals surface area contributed by atoms with Crippen molar-refractivity contribution in [2.75, 3.05) is 0 Å². The van der Waals surface area contributed by atoms with Gasteiger partial charge < -0.3 is 9.97 Å². The van der Waals surface area contributed by atoms with Gasteiger partial charge in [0, 0.05) is 0 Å². The molecule has 2 heterocycles. The third-order valence-corrected chi connectivity index (χ3v) is 4.72. The predicted octanol–water partition coefficient (Wildman–Crippen LogP) is 1.33. The quantitative estimate of drug-likeness (QED) is 0.617. The summed E-state index contributed by atoms with van der Waals surface area (Å²) >= 11 is 0. The zero-order chi connectivity index (χ0) is 15.4. The average Bonchev–Trinajstić information content (AvgIpc) is 3.38. The van der Waals surface area contributed by atoms with Crippen LogP contribution in [0.5, 0.6) is 0 Å². The number of carbonyl (C=O) groups excluding carboxylic acids is 3. The van der Waals surface area contributed by atoms with Crippen molar-refractivity contribution in [3.8, 4) is 0 Å². The molecule has 0 spiro atoms. The van der Waals surface area contributed by atoms with Gasteiger partial charge in [-0.15, -0.1) is 0 Å². The molecule has 0 aromatic carbocycles. The van der Waals surface area contributed by atoms with Crippen LogP contribution in [-0.4, -0.2) is 37.3 Å². The summed E-state index contributed by atoms with van der Waals surface area (Å²) < 4.78 is 0. The molecule has 2 aliphatic carbocycles. The predicted molar refractivity (Wildman–Crippen MR) is 74.2 cm³/mol. The van der Waals surface area contributed by atoms with Crippen molar-refractivity contribution < 1.29 is 14.4 Å². The third kappa shape index (κ3) is 1.65. The van der Waals surface area contributed by atoms with E-state index < -0.39 is 10.8 Å². The number of hydrogen-bond acceptors (Lipinski definition) is 5. The minimum Gasteiger partial charge on any atom is -0.342 e. The largest absolute Gasteiger partial charge is 0.342 e. The van der Waals surface area contributed by atoms with Crippen LogP contribution in [0.25, 0.3) is 0 Å². The lowest BCUT2D eigenvalue weighted by Gasteiger charge is -2.18. The van der Waals surface area contributed by atoms with E-state index in [4.69, 9.17) is 0 Å². The van der Waals surface area contributed by atoms with E-state index in [1.54, 1.807) is 0 Å². The van der Waals surface area contributed by atoms with Gasteiger partial charge in [-0.1, -0.05) is 0 Å². The van der Waals surface area contributed by atoms with Crippen molar-refractivity contribution in [3.63, 3.8) is 0 Å². The number of H-pyrrole nitrogens is 2. The first-order valence-electron chi connectivity index (χ1n) is 7.21. The van der Waals surface area contributed by atoms with Crippen LogP contribution >= 0.6 is 0 Å². The summed E-state index contributed by atoms with van der Waals surface area (Å²) in [6, 6.07) is 0. The molecule has 0 atom stereocenters. The summed E-state index contributed by atoms with van der Waals surface area (Å²) in [6.45, 7) is 0. The molecule has 0 amide bonds. The molecule has 2 N–H and O–H groups in total. The number of aromatic nitrogens is 4. The number of hydrogen-bond donors (Lipinski definition) is 2. The highest BCUT2D eigenvalue weighted by Crippen LogP contribution is 2.60. The molecular formula is C15H14N4O3. The Bertz CT molecular complexity index is 689. The summed E-state index contributed by atoms with van der Waals surface area (Å²) in [4.78, 5) is 51.3. The summed E-state index contributed by atoms with van der Waals surface area (Å²) in [5.74, 6) is -0.739. The number of carbonyl (C=O) groups is 3. The maximum atomic E-state index is 13.0. The number of nitrogens with one attached hydrogen (secondary N) is 2. The molecular weight excluding hydrogens is 284 g/mol. The van der Waals surface area contributed by atoms with Gasteiger partial charge in [0.2, 0.25) is 0 Å². The Labute approximate surface area is 125 Å². The average molecular weight is 298 g/mol. The number of nitrogens with zero attached hydrogens (tertiary/aromatic N) is 2. The van der Waals surface area contributed by atoms with E-state index >= 15 is 0 Å². The first-order valence-corrected chi connectivity index (χ1v) is 7.21. The molecule has 0 aliphatic heterocycles. The summed E-state index contributed by atoms with van der Waals surface area (Å²) in [5, 5.41) is 0. The van der Waals surface area contributed by atoms with Crippen molar-refractivity contribution in [2.24, 2.45) is 10.8 Å². The Morgan fingerprint density at radius 2 is 1.23 bits per heavy atom. The van der Waals surface area contributed by atoms with Crippen LogP contribution in [0, 0.1) is 10.8 Å². The van der Waals surface area contributed by atoms with E-state index in [9.17, 15) is 14.4 Å². The van der Waals surface area contributed by atoms with Gasteiger partial charge in [-0.3, -0.25) is 14.4 Å². The van der Waals surface area contributed by atoms with E-state index in [1.807, 2.05) is 0 Å². The van der Waals surface area contributed by atoms with E-state index in [0.29, 0.717) is 37.1 Å². The first kappa shape index (κ1) is 13.1. The van der Waals surface area contributed by atoms with Crippen LogP contribution in [0.4, 0.5) is 0 Å². The van der Waals surface area contributed by atoms with E-state index in [0.717, 1.165) is 0 Å². The normalized spacial score (nSPS) is 20.4. The standard InChI is InChI=1S/C15H14N4O3/c20-11(9-5-16-7-18-9)14(1-2-14)13(22)15(3-4-15)12(21)10-6-17-8-19-10/h5-8H,1-4H2,(H,16,18)(H,17,19). The second kappa shape index (κ2) is 4.22. The molecule has 0 radical (unpaired) electrons. The number of aromatic amines is 2. The summed E-state index contributed by atoms with van der Waals surface area (Å²) in [6.07, 6.45) is 7.68. The van der Waals surface area contributed by atoms with Crippen LogP contribution in [0.1, 0.15) is 46.7 Å². The molecule has 0 saturated heterocycles. The lowest BCUT2D eigenvalue weighted by molar-refractivity contribution is -0.126. The lowest BCUT2D eigenvalue weighted by Crippen LogP contribution is -2.37. The van der Waals surface area contributed by atoms with Crippen molar-refractivity contribution in [1.82, 2.24) is 19.9 Å². The Hall–Kier alpha value is -2.57. The number of Topliss-reactive ketones (excluding diaryl/α,β-unsaturated/α-hetero) is 3. The lowest BCUT2D eigenvalue weighted by atomic mass is 9.80. The van der Waals surface area contributed by atoms with Crippen molar-refractivity contribution in [2.45, 2.75) is 25.7 Å². The minimum absolute atomic E-state index is 0.237. The van der Waals surface area contributed by atoms with E-state index in [-0.39, 0.29) is 17.3 Å². The van der Waals surface area contributed by atoms with Gasteiger partial charge in [0.05, 0.1) is 35.9 Å². The van der Waals surface area contributed by atoms with Gasteiger partial charge >= 0.3 is 0 Å². The van der Waals surface area contributed by atoms with Gasteiger partial charge in [-0.25, -0.2) is 9.97 Å². The summed E-state index contributed by atoms with van der Waals surface area (Å²) in [7, 11) is 0. The maximum absolute atomic E-state index is 13.0. The van der Waals surface area contributed by atoms with Crippen molar-refractivity contribution in [1.29, 1.82) is 0 Å². The number of ketones is 3. The molecule has 2 fully saturated rings. The zero-order valence-corrected chi connectivity index (χ0v) is 11.8. The molecule has 0 bridgehead atoms. The number of imidazole rings is 2. The Morgan fingerprint density at radius 3 is 1.50 bits per heavy atom. The Morgan fingerprint density at radius 1 is 0.818 bits per heavy atom. The van der Waals surface area contributed by atoms with Gasteiger partial charge in [-0.2, -0.15) is 0 Å². The molecule has 22 heavy (non-hydrogen) atoms.